The number of aliphatic hydroxyl groups excluding tert-OH is 1. The average molecular weight is 483 g/mol. The van der Waals surface area contributed by atoms with Crippen LogP contribution in [0.2, 0.25) is 0 Å². The second-order valence-corrected chi connectivity index (χ2v) is 10.1. The van der Waals surface area contributed by atoms with Crippen molar-refractivity contribution in [2.24, 2.45) is 0 Å². The molecule has 1 unspecified atom stereocenters. The lowest BCUT2D eigenvalue weighted by molar-refractivity contribution is 0.0541. The van der Waals surface area contributed by atoms with Crippen LogP contribution < -0.4 is 4.74 Å². The minimum absolute atomic E-state index is 0.0926. The van der Waals surface area contributed by atoms with Crippen molar-refractivity contribution >= 4 is 11.8 Å². The zero-order valence-corrected chi connectivity index (χ0v) is 22.0. The minimum atomic E-state index is -0.0926. The molecule has 0 saturated heterocycles. The van der Waals surface area contributed by atoms with E-state index < -0.39 is 0 Å². The molecule has 1 N–H and O–H groups in total. The van der Waals surface area contributed by atoms with Crippen molar-refractivity contribution in [2.75, 3.05) is 31.3 Å². The molecule has 1 aromatic rings. The van der Waals surface area contributed by atoms with Gasteiger partial charge in [0.15, 0.2) is 0 Å². The number of rotatable bonds is 25. The molecule has 0 aliphatic rings. The normalized spacial score (nSPS) is 12.2. The molecule has 0 bridgehead atoms. The Morgan fingerprint density at radius 1 is 0.788 bits per heavy atom. The molecule has 1 aromatic heterocycles. The third-order valence-electron chi connectivity index (χ3n) is 5.80. The van der Waals surface area contributed by atoms with Crippen LogP contribution in [-0.4, -0.2) is 52.5 Å². The van der Waals surface area contributed by atoms with Crippen LogP contribution in [-0.2, 0) is 4.74 Å². The molecule has 192 valence electrons. The predicted molar refractivity (Wildman–Crippen MR) is 141 cm³/mol. The molecule has 0 aliphatic heterocycles. The summed E-state index contributed by atoms with van der Waals surface area (Å²) in [5, 5.41) is 8.99. The number of aliphatic hydroxyl groups is 1. The van der Waals surface area contributed by atoms with E-state index in [1.165, 1.54) is 96.3 Å². The molecule has 0 spiro atoms. The van der Waals surface area contributed by atoms with E-state index in [1.807, 2.05) is 0 Å². The summed E-state index contributed by atoms with van der Waals surface area (Å²) in [6, 6.07) is 2.16. The first-order chi connectivity index (χ1) is 16.4. The average Bonchev–Trinajstić information content (AvgIpc) is 2.84. The van der Waals surface area contributed by atoms with Crippen LogP contribution in [0.5, 0.6) is 6.01 Å². The highest BCUT2D eigenvalue weighted by Crippen LogP contribution is 2.14. The van der Waals surface area contributed by atoms with E-state index in [1.54, 1.807) is 30.2 Å². The van der Waals surface area contributed by atoms with Crippen LogP contribution in [0.25, 0.3) is 0 Å². The van der Waals surface area contributed by atoms with Gasteiger partial charge < -0.3 is 14.6 Å². The molecule has 5 nitrogen and oxygen atoms in total. The second-order valence-electron chi connectivity index (χ2n) is 8.95. The molecule has 1 rings (SSSR count). The molecular weight excluding hydrogens is 432 g/mol. The second kappa shape index (κ2) is 24.3. The van der Waals surface area contributed by atoms with Gasteiger partial charge >= 0.3 is 6.01 Å². The Kier molecular flexibility index (Phi) is 22.2. The molecule has 0 saturated carbocycles. The third-order valence-corrected chi connectivity index (χ3v) is 6.88. The summed E-state index contributed by atoms with van der Waals surface area (Å²) in [5.74, 6) is 1.46. The van der Waals surface area contributed by atoms with Crippen LogP contribution in [0.4, 0.5) is 0 Å². The lowest BCUT2D eigenvalue weighted by atomic mass is 10.0. The lowest BCUT2D eigenvalue weighted by Gasteiger charge is -2.17. The van der Waals surface area contributed by atoms with Gasteiger partial charge in [-0.25, -0.2) is 9.97 Å². The van der Waals surface area contributed by atoms with Gasteiger partial charge in [-0.15, -0.1) is 0 Å². The molecule has 0 radical (unpaired) electrons. The molecule has 0 amide bonds. The molecule has 0 aromatic carbocycles. The summed E-state index contributed by atoms with van der Waals surface area (Å²) in [4.78, 5) is 8.26. The smallest absolute Gasteiger partial charge is 0.316 e. The number of ether oxygens (including phenoxy) is 2. The van der Waals surface area contributed by atoms with E-state index >= 15 is 0 Å². The summed E-state index contributed by atoms with van der Waals surface area (Å²) in [5.41, 5.74) is 0. The standard InChI is InChI=1S/C27H50N2O3S/c1-2-3-4-5-6-7-8-9-10-11-12-13-14-15-16-17-22-31-24-26(25-33-23-21-30)32-27-28-19-18-20-29-27/h18-20,26,30H,2-17,21-25H2,1H3. The van der Waals surface area contributed by atoms with Crippen molar-refractivity contribution in [3.05, 3.63) is 18.5 Å². The van der Waals surface area contributed by atoms with Gasteiger partial charge in [0.25, 0.3) is 0 Å². The molecule has 33 heavy (non-hydrogen) atoms. The number of nitrogens with zero attached hydrogens (tertiary/aromatic N) is 2. The fourth-order valence-electron chi connectivity index (χ4n) is 3.86. The Morgan fingerprint density at radius 2 is 1.30 bits per heavy atom. The zero-order valence-electron chi connectivity index (χ0n) is 21.2. The van der Waals surface area contributed by atoms with E-state index in [2.05, 4.69) is 16.9 Å². The van der Waals surface area contributed by atoms with Crippen molar-refractivity contribution in [3.63, 3.8) is 0 Å². The summed E-state index contributed by atoms with van der Waals surface area (Å²) in [6.45, 7) is 3.78. The molecular formula is C27H50N2O3S. The van der Waals surface area contributed by atoms with Gasteiger partial charge in [-0.1, -0.05) is 103 Å². The van der Waals surface area contributed by atoms with Gasteiger partial charge in [-0.3, -0.25) is 0 Å². The number of thioether (sulfide) groups is 1. The van der Waals surface area contributed by atoms with E-state index in [4.69, 9.17) is 14.6 Å². The van der Waals surface area contributed by atoms with Crippen molar-refractivity contribution in [2.45, 2.75) is 116 Å². The largest absolute Gasteiger partial charge is 0.457 e. The summed E-state index contributed by atoms with van der Waals surface area (Å²) in [6.07, 6.45) is 25.3. The predicted octanol–water partition coefficient (Wildman–Crippen LogP) is 7.23. The van der Waals surface area contributed by atoms with E-state index in [0.717, 1.165) is 18.8 Å². The molecule has 0 fully saturated rings. The Hall–Kier alpha value is -0.850. The maximum absolute atomic E-state index is 8.99. The maximum Gasteiger partial charge on any atom is 0.316 e. The minimum Gasteiger partial charge on any atom is -0.457 e. The van der Waals surface area contributed by atoms with Gasteiger partial charge in [0, 0.05) is 30.5 Å². The Labute approximate surface area is 207 Å². The topological polar surface area (TPSA) is 64.5 Å². The number of aromatic nitrogens is 2. The quantitative estimate of drug-likeness (QED) is 0.148. The third kappa shape index (κ3) is 20.3. The first-order valence-corrected chi connectivity index (χ1v) is 14.7. The fourth-order valence-corrected chi connectivity index (χ4v) is 4.58. The van der Waals surface area contributed by atoms with E-state index in [9.17, 15) is 0 Å². The van der Waals surface area contributed by atoms with Gasteiger partial charge in [0.05, 0.1) is 13.2 Å². The Morgan fingerprint density at radius 3 is 1.82 bits per heavy atom. The van der Waals surface area contributed by atoms with Crippen LogP contribution in [0.15, 0.2) is 18.5 Å². The molecule has 0 aliphatic carbocycles. The molecule has 1 atom stereocenters. The zero-order chi connectivity index (χ0) is 23.7. The SMILES string of the molecule is CCCCCCCCCCCCCCCCCCOCC(CSCCO)Oc1ncccn1. The molecule has 6 heteroatoms. The van der Waals surface area contributed by atoms with Crippen LogP contribution in [0, 0.1) is 0 Å². The first-order valence-electron chi connectivity index (χ1n) is 13.6. The van der Waals surface area contributed by atoms with Gasteiger partial charge in [-0.2, -0.15) is 11.8 Å². The Balaban J connectivity index is 1.89. The van der Waals surface area contributed by atoms with Crippen LogP contribution in [0.1, 0.15) is 110 Å². The monoisotopic (exact) mass is 482 g/mol. The van der Waals surface area contributed by atoms with Crippen molar-refractivity contribution in [1.82, 2.24) is 9.97 Å². The summed E-state index contributed by atoms with van der Waals surface area (Å²) < 4.78 is 11.7. The first kappa shape index (κ1) is 30.2. The van der Waals surface area contributed by atoms with E-state index in [0.29, 0.717) is 18.4 Å². The number of hydrogen-bond acceptors (Lipinski definition) is 6. The van der Waals surface area contributed by atoms with Gasteiger partial charge in [0.1, 0.15) is 6.10 Å². The van der Waals surface area contributed by atoms with Crippen molar-refractivity contribution < 1.29 is 14.6 Å². The number of hydrogen-bond donors (Lipinski definition) is 1. The maximum atomic E-state index is 8.99. The highest BCUT2D eigenvalue weighted by Gasteiger charge is 2.12. The number of unbranched alkanes of at least 4 members (excludes halogenated alkanes) is 15. The highest BCUT2D eigenvalue weighted by molar-refractivity contribution is 7.99. The molecule has 1 heterocycles. The summed E-state index contributed by atoms with van der Waals surface area (Å²) >= 11 is 1.66. The highest BCUT2D eigenvalue weighted by atomic mass is 32.2. The fraction of sp³-hybridized carbons (Fsp3) is 0.852. The van der Waals surface area contributed by atoms with Crippen molar-refractivity contribution in [3.8, 4) is 6.01 Å². The van der Waals surface area contributed by atoms with Crippen LogP contribution >= 0.6 is 11.8 Å². The lowest BCUT2D eigenvalue weighted by Crippen LogP contribution is -2.27. The van der Waals surface area contributed by atoms with Crippen LogP contribution in [0.3, 0.4) is 0 Å². The van der Waals surface area contributed by atoms with E-state index in [-0.39, 0.29) is 12.7 Å². The van der Waals surface area contributed by atoms with Gasteiger partial charge in [-0.05, 0) is 12.5 Å². The Bertz CT molecular complexity index is 507. The summed E-state index contributed by atoms with van der Waals surface area (Å²) in [7, 11) is 0. The van der Waals surface area contributed by atoms with Gasteiger partial charge in [0.2, 0.25) is 0 Å². The van der Waals surface area contributed by atoms with Crippen molar-refractivity contribution in [1.29, 1.82) is 0 Å².